The molecule has 6 heteroatoms. The number of rotatable bonds is 0. The topological polar surface area (TPSA) is 86.7 Å². The standard InChI is InChI=1S/C11H8O6/c1-4-2-3-5-7(12)16-9(14)11(5)6(4)8(13)17-10(11)15/h5H,2-3H2,1H3. The van der Waals surface area contributed by atoms with Crippen molar-refractivity contribution in [2.45, 2.75) is 19.8 Å². The van der Waals surface area contributed by atoms with Crippen molar-refractivity contribution in [3.8, 4) is 0 Å². The number of esters is 4. The first kappa shape index (κ1) is 10.2. The molecule has 0 aromatic heterocycles. The van der Waals surface area contributed by atoms with E-state index in [2.05, 4.69) is 9.47 Å². The molecule has 2 atom stereocenters. The minimum atomic E-state index is -1.81. The van der Waals surface area contributed by atoms with Gasteiger partial charge in [0, 0.05) is 0 Å². The molecule has 0 radical (unpaired) electrons. The number of allylic oxidation sites excluding steroid dienone is 1. The monoisotopic (exact) mass is 236 g/mol. The van der Waals surface area contributed by atoms with Crippen LogP contribution in [-0.4, -0.2) is 23.9 Å². The maximum atomic E-state index is 11.8. The van der Waals surface area contributed by atoms with Gasteiger partial charge in [0.15, 0.2) is 0 Å². The molecule has 2 aliphatic heterocycles. The highest BCUT2D eigenvalue weighted by Crippen LogP contribution is 2.54. The summed E-state index contributed by atoms with van der Waals surface area (Å²) in [4.78, 5) is 46.7. The van der Waals surface area contributed by atoms with E-state index in [-0.39, 0.29) is 5.57 Å². The Bertz CT molecular complexity index is 518. The van der Waals surface area contributed by atoms with E-state index in [1.165, 1.54) is 0 Å². The van der Waals surface area contributed by atoms with E-state index in [1.54, 1.807) is 6.92 Å². The Balaban J connectivity index is 2.33. The molecule has 0 bridgehead atoms. The molecule has 2 unspecified atom stereocenters. The summed E-state index contributed by atoms with van der Waals surface area (Å²) in [6.07, 6.45) is 0.800. The lowest BCUT2D eigenvalue weighted by Crippen LogP contribution is -2.42. The summed E-state index contributed by atoms with van der Waals surface area (Å²) in [6.45, 7) is 1.66. The number of cyclic esters (lactones) is 4. The van der Waals surface area contributed by atoms with Crippen molar-refractivity contribution >= 4 is 23.9 Å². The highest BCUT2D eigenvalue weighted by Gasteiger charge is 2.72. The van der Waals surface area contributed by atoms with Crippen molar-refractivity contribution in [2.75, 3.05) is 0 Å². The molecule has 88 valence electrons. The fourth-order valence-electron chi connectivity index (χ4n) is 2.87. The predicted molar refractivity (Wildman–Crippen MR) is 50.1 cm³/mol. The van der Waals surface area contributed by atoms with Gasteiger partial charge < -0.3 is 9.47 Å². The highest BCUT2D eigenvalue weighted by molar-refractivity contribution is 6.25. The lowest BCUT2D eigenvalue weighted by Gasteiger charge is -2.26. The second-order valence-electron chi connectivity index (χ2n) is 4.44. The van der Waals surface area contributed by atoms with E-state index in [1.807, 2.05) is 0 Å². The van der Waals surface area contributed by atoms with Crippen LogP contribution in [0.4, 0.5) is 0 Å². The van der Waals surface area contributed by atoms with Gasteiger partial charge in [-0.2, -0.15) is 0 Å². The van der Waals surface area contributed by atoms with Crippen LogP contribution in [-0.2, 0) is 28.7 Å². The van der Waals surface area contributed by atoms with Gasteiger partial charge in [-0.05, 0) is 19.8 Å². The van der Waals surface area contributed by atoms with Crippen molar-refractivity contribution in [2.24, 2.45) is 11.3 Å². The Labute approximate surface area is 95.6 Å². The van der Waals surface area contributed by atoms with Gasteiger partial charge >= 0.3 is 23.9 Å². The largest absolute Gasteiger partial charge is 0.392 e. The number of hydrogen-bond donors (Lipinski definition) is 0. The molecular formula is C11H8O6. The average Bonchev–Trinajstić information content (AvgIpc) is 2.66. The fourth-order valence-corrected chi connectivity index (χ4v) is 2.87. The van der Waals surface area contributed by atoms with Gasteiger partial charge in [0.05, 0.1) is 11.5 Å². The molecule has 0 aromatic rings. The van der Waals surface area contributed by atoms with E-state index < -0.39 is 35.2 Å². The summed E-state index contributed by atoms with van der Waals surface area (Å²) in [5.74, 6) is -4.43. The summed E-state index contributed by atoms with van der Waals surface area (Å²) >= 11 is 0. The molecule has 2 heterocycles. The van der Waals surface area contributed by atoms with Gasteiger partial charge in [-0.25, -0.2) is 14.4 Å². The summed E-state index contributed by atoms with van der Waals surface area (Å²) in [7, 11) is 0. The van der Waals surface area contributed by atoms with Gasteiger partial charge in [0.25, 0.3) is 0 Å². The Morgan fingerprint density at radius 3 is 2.47 bits per heavy atom. The van der Waals surface area contributed by atoms with Crippen LogP contribution in [0.1, 0.15) is 19.8 Å². The van der Waals surface area contributed by atoms with E-state index in [4.69, 9.17) is 0 Å². The molecule has 6 nitrogen and oxygen atoms in total. The van der Waals surface area contributed by atoms with Gasteiger partial charge in [0.2, 0.25) is 5.41 Å². The first-order valence-electron chi connectivity index (χ1n) is 5.22. The molecule has 1 spiro atoms. The van der Waals surface area contributed by atoms with Crippen LogP contribution in [0.3, 0.4) is 0 Å². The third kappa shape index (κ3) is 0.916. The van der Waals surface area contributed by atoms with Crippen molar-refractivity contribution in [1.82, 2.24) is 0 Å². The molecule has 0 aromatic carbocycles. The normalized spacial score (nSPS) is 35.7. The first-order chi connectivity index (χ1) is 7.99. The van der Waals surface area contributed by atoms with Crippen molar-refractivity contribution in [3.63, 3.8) is 0 Å². The highest BCUT2D eigenvalue weighted by atomic mass is 16.6. The summed E-state index contributed by atoms with van der Waals surface area (Å²) < 4.78 is 9.03. The molecule has 0 amide bonds. The minimum Gasteiger partial charge on any atom is -0.392 e. The van der Waals surface area contributed by atoms with Crippen LogP contribution in [0.25, 0.3) is 0 Å². The number of carbonyl (C=O) groups is 4. The first-order valence-corrected chi connectivity index (χ1v) is 5.22. The van der Waals surface area contributed by atoms with Crippen molar-refractivity contribution < 1.29 is 28.7 Å². The van der Waals surface area contributed by atoms with Crippen LogP contribution in [0.5, 0.6) is 0 Å². The van der Waals surface area contributed by atoms with Crippen LogP contribution >= 0.6 is 0 Å². The minimum absolute atomic E-state index is 0.00889. The molecule has 3 aliphatic rings. The van der Waals surface area contributed by atoms with E-state index >= 15 is 0 Å². The Hall–Kier alpha value is -1.98. The van der Waals surface area contributed by atoms with Crippen molar-refractivity contribution in [3.05, 3.63) is 11.1 Å². The zero-order chi connectivity index (χ0) is 12.4. The third-order valence-electron chi connectivity index (χ3n) is 3.66. The van der Waals surface area contributed by atoms with E-state index in [9.17, 15) is 19.2 Å². The Morgan fingerprint density at radius 2 is 1.76 bits per heavy atom. The lowest BCUT2D eigenvalue weighted by atomic mass is 9.65. The summed E-state index contributed by atoms with van der Waals surface area (Å²) in [6, 6.07) is 0. The lowest BCUT2D eigenvalue weighted by molar-refractivity contribution is -0.160. The molecule has 1 aliphatic carbocycles. The van der Waals surface area contributed by atoms with Gasteiger partial charge in [-0.1, -0.05) is 5.57 Å². The quantitative estimate of drug-likeness (QED) is 0.430. The molecule has 0 N–H and O–H groups in total. The molecular weight excluding hydrogens is 228 g/mol. The smallest absolute Gasteiger partial charge is 0.343 e. The van der Waals surface area contributed by atoms with E-state index in [0.29, 0.717) is 18.4 Å². The zero-order valence-corrected chi connectivity index (χ0v) is 8.94. The molecule has 3 rings (SSSR count). The van der Waals surface area contributed by atoms with Crippen LogP contribution < -0.4 is 0 Å². The zero-order valence-electron chi connectivity index (χ0n) is 8.94. The molecule has 2 fully saturated rings. The predicted octanol–water partition coefficient (Wildman–Crippen LogP) is -0.134. The number of ether oxygens (including phenoxy) is 2. The van der Waals surface area contributed by atoms with E-state index in [0.717, 1.165) is 0 Å². The summed E-state index contributed by atoms with van der Waals surface area (Å²) in [5, 5.41) is 0. The van der Waals surface area contributed by atoms with Gasteiger partial charge in [-0.3, -0.25) is 4.79 Å². The van der Waals surface area contributed by atoms with Crippen molar-refractivity contribution in [1.29, 1.82) is 0 Å². The van der Waals surface area contributed by atoms with Gasteiger partial charge in [0.1, 0.15) is 0 Å². The average molecular weight is 236 g/mol. The summed E-state index contributed by atoms with van der Waals surface area (Å²) in [5.41, 5.74) is -1.19. The van der Waals surface area contributed by atoms with Crippen LogP contribution in [0.15, 0.2) is 11.1 Å². The second kappa shape index (κ2) is 2.82. The number of carbonyl (C=O) groups excluding carboxylic acids is 4. The van der Waals surface area contributed by atoms with Crippen LogP contribution in [0.2, 0.25) is 0 Å². The SMILES string of the molecule is CC1=C2C(=O)OC(=O)C23C(=O)OC(=O)C3CC1. The molecule has 17 heavy (non-hydrogen) atoms. The second-order valence-corrected chi connectivity index (χ2v) is 4.44. The third-order valence-corrected chi connectivity index (χ3v) is 3.66. The Kier molecular flexibility index (Phi) is 1.69. The number of hydrogen-bond acceptors (Lipinski definition) is 6. The fraction of sp³-hybridized carbons (Fsp3) is 0.455. The molecule has 0 saturated carbocycles. The maximum absolute atomic E-state index is 11.8. The van der Waals surface area contributed by atoms with Crippen LogP contribution in [0, 0.1) is 11.3 Å². The molecule has 2 saturated heterocycles. The van der Waals surface area contributed by atoms with Gasteiger partial charge in [-0.15, -0.1) is 0 Å². The maximum Gasteiger partial charge on any atom is 0.343 e. The Morgan fingerprint density at radius 1 is 1.12 bits per heavy atom.